The van der Waals surface area contributed by atoms with E-state index < -0.39 is 115 Å². The number of carbonyl (C=O) groups excluding carboxylic acids is 8. The average molecular weight is 1440 g/mol. The summed E-state index contributed by atoms with van der Waals surface area (Å²) in [7, 11) is 0. The molecule has 0 bridgehead atoms. The third-order valence-electron chi connectivity index (χ3n) is 8.88. The van der Waals surface area contributed by atoms with Crippen LogP contribution in [0.1, 0.15) is 82.9 Å². The SMILES string of the molecule is O=C(OC(=O)c1cc(Br)cc(Br)c1O)c1cc(C(=O)OC(=O)c2cc(Br)cc(Br)c2O)cc(-c2cc(C(=O)OC(=O)c3cc(Br)cc(Br)c3O)cc(C(=O)OC(=O)c3cc(Br)cc(Br)c3O)c2)c1. The van der Waals surface area contributed by atoms with Crippen LogP contribution in [0.2, 0.25) is 0 Å². The molecule has 0 aliphatic carbocycles. The van der Waals surface area contributed by atoms with E-state index in [-0.39, 0.29) is 29.0 Å². The normalized spacial score (nSPS) is 10.8. The molecule has 0 radical (unpaired) electrons. The van der Waals surface area contributed by atoms with Crippen molar-refractivity contribution in [3.63, 3.8) is 0 Å². The highest BCUT2D eigenvalue weighted by Crippen LogP contribution is 2.37. The van der Waals surface area contributed by atoms with Crippen molar-refractivity contribution in [3.8, 4) is 34.1 Å². The number of benzene rings is 6. The summed E-state index contributed by atoms with van der Waals surface area (Å²) in [5.41, 5.74) is -4.88. The molecule has 4 N–H and O–H groups in total. The van der Waals surface area contributed by atoms with Gasteiger partial charge in [-0.3, -0.25) is 0 Å². The van der Waals surface area contributed by atoms with E-state index in [9.17, 15) is 58.8 Å². The number of phenolic OH excluding ortho intramolecular Hbond substituents is 4. The fourth-order valence-corrected chi connectivity index (χ4v) is 10.6. The Kier molecular flexibility index (Phi) is 16.7. The van der Waals surface area contributed by atoms with E-state index in [1.165, 1.54) is 24.3 Å². The second kappa shape index (κ2) is 21.7. The van der Waals surface area contributed by atoms with E-state index in [4.69, 9.17) is 18.9 Å². The summed E-state index contributed by atoms with van der Waals surface area (Å²) >= 11 is 25.0. The number of halogens is 8. The van der Waals surface area contributed by atoms with E-state index in [1.54, 1.807) is 0 Å². The van der Waals surface area contributed by atoms with Crippen molar-refractivity contribution in [2.75, 3.05) is 0 Å². The Hall–Kier alpha value is -5.08. The Labute approximate surface area is 448 Å². The molecule has 0 saturated carbocycles. The number of aromatic hydroxyl groups is 4. The Morgan fingerprint density at radius 2 is 0.471 bits per heavy atom. The van der Waals surface area contributed by atoms with E-state index >= 15 is 0 Å². The van der Waals surface area contributed by atoms with Crippen LogP contribution in [-0.2, 0) is 18.9 Å². The van der Waals surface area contributed by atoms with Gasteiger partial charge >= 0.3 is 47.8 Å². The van der Waals surface area contributed by atoms with Gasteiger partial charge in [0.05, 0.1) is 40.1 Å². The van der Waals surface area contributed by atoms with E-state index in [2.05, 4.69) is 127 Å². The summed E-state index contributed by atoms with van der Waals surface area (Å²) in [6, 6.07) is 15.9. The molecule has 0 aliphatic rings. The monoisotopic (exact) mass is 1430 g/mol. The first-order chi connectivity index (χ1) is 31.9. The third kappa shape index (κ3) is 12.0. The van der Waals surface area contributed by atoms with Crippen LogP contribution in [0.25, 0.3) is 11.1 Å². The molecule has 6 aromatic carbocycles. The highest BCUT2D eigenvalue weighted by atomic mass is 79.9. The standard InChI is InChI=1S/C44H18Br8O16/c45-21-7-25(33(53)29(49)11-21)41(61)65-37(57)17-1-15(2-18(5-17)38(58)66-42(62)26-8-22(46)12-30(50)34(26)54)16-3-19(39(59)67-43(63)27-9-23(47)13-31(51)35(27)55)6-20(4-16)40(60)68-44(64)28-10-24(48)14-32(52)36(28)56/h1-14,53-56H. The first kappa shape index (κ1) is 52.3. The molecule has 0 atom stereocenters. The van der Waals surface area contributed by atoms with Crippen molar-refractivity contribution < 1.29 is 77.7 Å². The molecule has 6 aromatic rings. The molecule has 0 heterocycles. The van der Waals surface area contributed by atoms with Crippen molar-refractivity contribution in [1.29, 1.82) is 0 Å². The van der Waals surface area contributed by atoms with Gasteiger partial charge in [-0.25, -0.2) is 38.4 Å². The summed E-state index contributed by atoms with van der Waals surface area (Å²) in [4.78, 5) is 108. The van der Waals surface area contributed by atoms with E-state index in [0.29, 0.717) is 17.9 Å². The summed E-state index contributed by atoms with van der Waals surface area (Å²) in [6.45, 7) is 0. The predicted molar refractivity (Wildman–Crippen MR) is 265 cm³/mol. The Morgan fingerprint density at radius 1 is 0.279 bits per heavy atom. The number of ether oxygens (including phenoxy) is 4. The smallest absolute Gasteiger partial charge is 0.349 e. The minimum absolute atomic E-state index is 0.0465. The topological polar surface area (TPSA) is 254 Å². The van der Waals surface area contributed by atoms with Crippen LogP contribution in [0.5, 0.6) is 23.0 Å². The van der Waals surface area contributed by atoms with Crippen LogP contribution >= 0.6 is 127 Å². The van der Waals surface area contributed by atoms with Gasteiger partial charge in [0.1, 0.15) is 45.3 Å². The van der Waals surface area contributed by atoms with Crippen molar-refractivity contribution in [1.82, 2.24) is 0 Å². The Morgan fingerprint density at radius 3 is 0.662 bits per heavy atom. The number of hydrogen-bond donors (Lipinski definition) is 4. The fraction of sp³-hybridized carbons (Fsp3) is 0. The second-order valence-corrected chi connectivity index (χ2v) is 20.5. The summed E-state index contributed by atoms with van der Waals surface area (Å²) < 4.78 is 21.6. The average Bonchev–Trinajstić information content (AvgIpc) is 3.27. The fourth-order valence-electron chi connectivity index (χ4n) is 5.74. The number of esters is 8. The van der Waals surface area contributed by atoms with Gasteiger partial charge in [0.15, 0.2) is 0 Å². The molecule has 24 heteroatoms. The predicted octanol–water partition coefficient (Wildman–Crippen LogP) is 12.3. The molecule has 0 amide bonds. The lowest BCUT2D eigenvalue weighted by molar-refractivity contribution is 0.0371. The van der Waals surface area contributed by atoms with Gasteiger partial charge < -0.3 is 39.4 Å². The molecule has 346 valence electrons. The van der Waals surface area contributed by atoms with Gasteiger partial charge in [-0.1, -0.05) is 63.7 Å². The zero-order chi connectivity index (χ0) is 50.0. The van der Waals surface area contributed by atoms with Gasteiger partial charge in [0.2, 0.25) is 0 Å². The number of phenols is 4. The summed E-state index contributed by atoms with van der Waals surface area (Å²) in [6.07, 6.45) is 0. The summed E-state index contributed by atoms with van der Waals surface area (Å²) in [5, 5.41) is 42.1. The molecule has 68 heavy (non-hydrogen) atoms. The van der Waals surface area contributed by atoms with Crippen molar-refractivity contribution in [2.24, 2.45) is 0 Å². The van der Waals surface area contributed by atoms with E-state index in [1.807, 2.05) is 0 Å². The van der Waals surface area contributed by atoms with Gasteiger partial charge in [-0.05, 0) is 160 Å². The van der Waals surface area contributed by atoms with Crippen LogP contribution in [-0.4, -0.2) is 68.2 Å². The number of rotatable bonds is 9. The van der Waals surface area contributed by atoms with E-state index in [0.717, 1.165) is 60.7 Å². The molecule has 0 aliphatic heterocycles. The Balaban J connectivity index is 1.48. The maximum Gasteiger partial charge on any atom is 0.349 e. The van der Waals surface area contributed by atoms with Crippen LogP contribution < -0.4 is 0 Å². The lowest BCUT2D eigenvalue weighted by Gasteiger charge is -2.13. The minimum Gasteiger partial charge on any atom is -0.506 e. The maximum absolute atomic E-state index is 13.8. The van der Waals surface area contributed by atoms with Crippen LogP contribution in [0.4, 0.5) is 0 Å². The largest absolute Gasteiger partial charge is 0.506 e. The zero-order valence-corrected chi connectivity index (χ0v) is 45.5. The molecule has 0 fully saturated rings. The first-order valence-electron chi connectivity index (χ1n) is 18.0. The molecule has 0 aromatic heterocycles. The van der Waals surface area contributed by atoms with Crippen molar-refractivity contribution in [2.45, 2.75) is 0 Å². The molecule has 0 spiro atoms. The third-order valence-corrected chi connectivity index (χ3v) is 13.1. The highest BCUT2D eigenvalue weighted by Gasteiger charge is 2.28. The number of hydrogen-bond acceptors (Lipinski definition) is 16. The van der Waals surface area contributed by atoms with Crippen molar-refractivity contribution >= 4 is 175 Å². The lowest BCUT2D eigenvalue weighted by Crippen LogP contribution is -2.17. The molecule has 16 nitrogen and oxygen atoms in total. The molecule has 0 saturated heterocycles. The number of carbonyl (C=O) groups is 8. The minimum atomic E-state index is -1.45. The van der Waals surface area contributed by atoms with Gasteiger partial charge in [0.25, 0.3) is 0 Å². The van der Waals surface area contributed by atoms with Crippen molar-refractivity contribution in [3.05, 3.63) is 165 Å². The van der Waals surface area contributed by atoms with Gasteiger partial charge in [-0.15, -0.1) is 0 Å². The maximum atomic E-state index is 13.8. The quantitative estimate of drug-likeness (QED) is 0.0596. The lowest BCUT2D eigenvalue weighted by atomic mass is 9.96. The molecular weight excluding hydrogens is 1420 g/mol. The first-order valence-corrected chi connectivity index (χ1v) is 24.3. The second-order valence-electron chi connectivity index (χ2n) is 13.4. The van der Waals surface area contributed by atoms with Crippen LogP contribution in [0.3, 0.4) is 0 Å². The van der Waals surface area contributed by atoms with Gasteiger partial charge in [-0.2, -0.15) is 0 Å². The van der Waals surface area contributed by atoms with Gasteiger partial charge in [0, 0.05) is 17.9 Å². The molecule has 6 rings (SSSR count). The molecular formula is C44H18Br8O16. The Bertz CT molecular complexity index is 2810. The molecule has 0 unspecified atom stereocenters. The highest BCUT2D eigenvalue weighted by molar-refractivity contribution is 9.12. The van der Waals surface area contributed by atoms with Crippen LogP contribution in [0.15, 0.2) is 121 Å². The zero-order valence-electron chi connectivity index (χ0n) is 32.8. The van der Waals surface area contributed by atoms with Crippen LogP contribution in [0, 0.1) is 0 Å². The summed E-state index contributed by atoms with van der Waals surface area (Å²) in [5.74, 6) is -13.7.